The molecule has 0 atom stereocenters. The lowest BCUT2D eigenvalue weighted by Gasteiger charge is -1.70. The van der Waals surface area contributed by atoms with Crippen LogP contribution >= 0.6 is 12.4 Å². The van der Waals surface area contributed by atoms with E-state index in [4.69, 9.17) is 5.73 Å². The van der Waals surface area contributed by atoms with Crippen molar-refractivity contribution >= 4 is 12.4 Å². The predicted octanol–water partition coefficient (Wildman–Crippen LogP) is 1.47. The molecule has 0 bridgehead atoms. The van der Waals surface area contributed by atoms with Crippen molar-refractivity contribution in [2.24, 2.45) is 5.73 Å². The third-order valence-corrected chi connectivity index (χ3v) is 0.566. The van der Waals surface area contributed by atoms with Crippen LogP contribution in [-0.4, -0.2) is 11.5 Å². The summed E-state index contributed by atoms with van der Waals surface area (Å²) in [5.74, 6) is 0. The number of hydrogen-bond acceptors (Lipinski definition) is 2. The van der Waals surface area contributed by atoms with Crippen LogP contribution in [0.4, 0.5) is 0 Å². The Morgan fingerprint density at radius 3 is 1.70 bits per heavy atom. The number of hydrogen-bond donors (Lipinski definition) is 1. The first-order valence-corrected chi connectivity index (χ1v) is 2.97. The van der Waals surface area contributed by atoms with Gasteiger partial charge < -0.3 is 5.73 Å². The van der Waals surface area contributed by atoms with Crippen molar-refractivity contribution < 1.29 is 0 Å². The van der Waals surface area contributed by atoms with Gasteiger partial charge in [0.25, 0.3) is 0 Å². The maximum Gasteiger partial charge on any atom is 0.0267 e. The van der Waals surface area contributed by atoms with Crippen LogP contribution < -0.4 is 5.73 Å². The normalized spacial score (nSPS) is 6.60. The van der Waals surface area contributed by atoms with Gasteiger partial charge in [-0.15, -0.1) is 12.4 Å². The van der Waals surface area contributed by atoms with Crippen LogP contribution in [0.3, 0.4) is 0 Å². The van der Waals surface area contributed by atoms with E-state index in [1.807, 2.05) is 25.1 Å². The Morgan fingerprint density at radius 2 is 1.60 bits per heavy atom. The summed E-state index contributed by atoms with van der Waals surface area (Å²) in [6, 6.07) is 5.72. The minimum absolute atomic E-state index is 0. The van der Waals surface area contributed by atoms with E-state index >= 15 is 0 Å². The molecule has 0 spiro atoms. The first-order chi connectivity index (χ1) is 4.41. The largest absolute Gasteiger partial charge is 0.331 e. The van der Waals surface area contributed by atoms with Crippen molar-refractivity contribution in [1.29, 1.82) is 0 Å². The maximum atomic E-state index is 4.85. The fraction of sp³-hybridized carbons (Fsp3) is 0.286. The summed E-state index contributed by atoms with van der Waals surface area (Å²) in [5.41, 5.74) is 4.85. The van der Waals surface area contributed by atoms with Gasteiger partial charge in [0.15, 0.2) is 0 Å². The molecule has 2 nitrogen and oxygen atoms in total. The molecule has 0 fully saturated rings. The second-order valence-electron chi connectivity index (χ2n) is 1.43. The molecule has 0 aliphatic rings. The summed E-state index contributed by atoms with van der Waals surface area (Å²) in [5, 5.41) is 0. The highest BCUT2D eigenvalue weighted by Gasteiger charge is 1.58. The molecule has 0 saturated carbocycles. The highest BCUT2D eigenvalue weighted by molar-refractivity contribution is 5.85. The van der Waals surface area contributed by atoms with Gasteiger partial charge in [-0.05, 0) is 18.7 Å². The molecule has 1 aromatic rings. The van der Waals surface area contributed by atoms with Crippen molar-refractivity contribution in [3.8, 4) is 0 Å². The van der Waals surface area contributed by atoms with Crippen molar-refractivity contribution in [2.45, 2.75) is 6.92 Å². The molecule has 58 valence electrons. The molecule has 2 N–H and O–H groups in total. The molecule has 1 aromatic heterocycles. The summed E-state index contributed by atoms with van der Waals surface area (Å²) in [6.45, 7) is 2.65. The molecular formula is C7H13ClN2. The SMILES string of the molecule is CCN.Cl.c1ccncc1. The lowest BCUT2D eigenvalue weighted by Crippen LogP contribution is -1.87. The average Bonchev–Trinajstić information content (AvgIpc) is 1.93. The molecule has 0 saturated heterocycles. The maximum absolute atomic E-state index is 4.85. The number of rotatable bonds is 0. The molecule has 0 aliphatic carbocycles. The Hall–Kier alpha value is -0.600. The second kappa shape index (κ2) is 11.2. The summed E-state index contributed by atoms with van der Waals surface area (Å²) < 4.78 is 0. The summed E-state index contributed by atoms with van der Waals surface area (Å²) >= 11 is 0. The molecule has 0 radical (unpaired) electrons. The van der Waals surface area contributed by atoms with Gasteiger partial charge in [0, 0.05) is 12.4 Å². The Balaban J connectivity index is 0. The zero-order valence-corrected chi connectivity index (χ0v) is 6.84. The standard InChI is InChI=1S/C5H5N.C2H7N.ClH/c1-2-4-6-5-3-1;1-2-3;/h1-5H;2-3H2,1H3;1H. The predicted molar refractivity (Wildman–Crippen MR) is 46.2 cm³/mol. The van der Waals surface area contributed by atoms with Crippen molar-refractivity contribution in [2.75, 3.05) is 6.54 Å². The lowest BCUT2D eigenvalue weighted by molar-refractivity contribution is 1.14. The third kappa shape index (κ3) is 10.4. The van der Waals surface area contributed by atoms with Gasteiger partial charge in [-0.3, -0.25) is 4.98 Å². The van der Waals surface area contributed by atoms with Crippen molar-refractivity contribution in [3.63, 3.8) is 0 Å². The molecule has 1 rings (SSSR count). The Bertz CT molecular complexity index is 94.5. The van der Waals surface area contributed by atoms with Gasteiger partial charge in [-0.2, -0.15) is 0 Å². The molecule has 0 aromatic carbocycles. The van der Waals surface area contributed by atoms with E-state index in [-0.39, 0.29) is 12.4 Å². The highest BCUT2D eigenvalue weighted by Crippen LogP contribution is 1.73. The van der Waals surface area contributed by atoms with E-state index in [9.17, 15) is 0 Å². The number of nitrogens with two attached hydrogens (primary N) is 1. The smallest absolute Gasteiger partial charge is 0.0267 e. The van der Waals surface area contributed by atoms with E-state index in [0.717, 1.165) is 6.54 Å². The van der Waals surface area contributed by atoms with Crippen LogP contribution in [0.25, 0.3) is 0 Å². The molecule has 3 heteroatoms. The number of nitrogens with zero attached hydrogens (tertiary/aromatic N) is 1. The Kier molecular flexibility index (Phi) is 13.6. The lowest BCUT2D eigenvalue weighted by atomic mass is 10.5. The van der Waals surface area contributed by atoms with Gasteiger partial charge in [0.1, 0.15) is 0 Å². The summed E-state index contributed by atoms with van der Waals surface area (Å²) in [7, 11) is 0. The molecule has 0 amide bonds. The molecular weight excluding hydrogens is 148 g/mol. The Morgan fingerprint density at radius 1 is 1.20 bits per heavy atom. The first kappa shape index (κ1) is 12.1. The van der Waals surface area contributed by atoms with Crippen LogP contribution in [0.15, 0.2) is 30.6 Å². The number of halogens is 1. The van der Waals surface area contributed by atoms with Gasteiger partial charge in [-0.25, -0.2) is 0 Å². The van der Waals surface area contributed by atoms with Gasteiger partial charge in [0.05, 0.1) is 0 Å². The minimum atomic E-state index is 0. The van der Waals surface area contributed by atoms with Crippen LogP contribution in [0.2, 0.25) is 0 Å². The Labute approximate surface area is 67.9 Å². The van der Waals surface area contributed by atoms with E-state index in [0.29, 0.717) is 0 Å². The molecule has 10 heavy (non-hydrogen) atoms. The van der Waals surface area contributed by atoms with Gasteiger partial charge in [-0.1, -0.05) is 13.0 Å². The van der Waals surface area contributed by atoms with Crippen LogP contribution in [-0.2, 0) is 0 Å². The highest BCUT2D eigenvalue weighted by atomic mass is 35.5. The van der Waals surface area contributed by atoms with E-state index in [2.05, 4.69) is 4.98 Å². The van der Waals surface area contributed by atoms with Crippen molar-refractivity contribution in [1.82, 2.24) is 4.98 Å². The summed E-state index contributed by atoms with van der Waals surface area (Å²) in [4.78, 5) is 3.78. The van der Waals surface area contributed by atoms with Crippen LogP contribution in [0, 0.1) is 0 Å². The quantitative estimate of drug-likeness (QED) is 0.624. The fourth-order valence-electron chi connectivity index (χ4n) is 0.313. The zero-order chi connectivity index (χ0) is 6.95. The van der Waals surface area contributed by atoms with E-state index in [1.165, 1.54) is 0 Å². The van der Waals surface area contributed by atoms with Crippen LogP contribution in [0.5, 0.6) is 0 Å². The molecule has 0 aliphatic heterocycles. The fourth-order valence-corrected chi connectivity index (χ4v) is 0.313. The third-order valence-electron chi connectivity index (χ3n) is 0.566. The zero-order valence-electron chi connectivity index (χ0n) is 6.03. The summed E-state index contributed by atoms with van der Waals surface area (Å²) in [6.07, 6.45) is 3.50. The first-order valence-electron chi connectivity index (χ1n) is 2.97. The van der Waals surface area contributed by atoms with Gasteiger partial charge in [0.2, 0.25) is 0 Å². The average molecular weight is 161 g/mol. The topological polar surface area (TPSA) is 38.9 Å². The van der Waals surface area contributed by atoms with E-state index in [1.54, 1.807) is 12.4 Å². The number of pyridine rings is 1. The van der Waals surface area contributed by atoms with Crippen LogP contribution in [0.1, 0.15) is 6.92 Å². The second-order valence-corrected chi connectivity index (χ2v) is 1.43. The minimum Gasteiger partial charge on any atom is -0.331 e. The van der Waals surface area contributed by atoms with Crippen molar-refractivity contribution in [3.05, 3.63) is 30.6 Å². The molecule has 0 unspecified atom stereocenters. The number of aromatic nitrogens is 1. The monoisotopic (exact) mass is 160 g/mol. The molecule has 1 heterocycles. The van der Waals surface area contributed by atoms with Gasteiger partial charge >= 0.3 is 0 Å². The van der Waals surface area contributed by atoms with E-state index < -0.39 is 0 Å².